The molecular weight excluding hydrogens is 224 g/mol. The highest BCUT2D eigenvalue weighted by Crippen LogP contribution is 2.66. The van der Waals surface area contributed by atoms with Crippen LogP contribution in [0.5, 0.6) is 0 Å². The van der Waals surface area contributed by atoms with Crippen LogP contribution in [-0.4, -0.2) is 11.1 Å². The number of fused-ring (bicyclic) bond motifs is 5. The van der Waals surface area contributed by atoms with Crippen molar-refractivity contribution in [1.82, 2.24) is 0 Å². The summed E-state index contributed by atoms with van der Waals surface area (Å²) in [6, 6.07) is 16.4. The van der Waals surface area contributed by atoms with Crippen molar-refractivity contribution in [2.24, 2.45) is 5.92 Å². The van der Waals surface area contributed by atoms with E-state index in [-0.39, 0.29) is 11.3 Å². The minimum atomic E-state index is -0.679. The average molecular weight is 236 g/mol. The zero-order valence-electron chi connectivity index (χ0n) is 9.76. The topological polar surface area (TPSA) is 37.3 Å². The first-order valence-corrected chi connectivity index (χ1v) is 6.17. The van der Waals surface area contributed by atoms with Crippen LogP contribution in [0, 0.1) is 5.92 Å². The number of carbonyl (C=O) groups is 1. The summed E-state index contributed by atoms with van der Waals surface area (Å²) >= 11 is 0. The zero-order chi connectivity index (χ0) is 12.3. The van der Waals surface area contributed by atoms with E-state index in [9.17, 15) is 9.90 Å². The van der Waals surface area contributed by atoms with E-state index in [0.717, 1.165) is 6.42 Å². The fourth-order valence-corrected chi connectivity index (χ4v) is 3.52. The van der Waals surface area contributed by atoms with Gasteiger partial charge < -0.3 is 5.11 Å². The fourth-order valence-electron chi connectivity index (χ4n) is 3.52. The number of carboxylic acid groups (broad SMARTS) is 1. The minimum Gasteiger partial charge on any atom is -0.481 e. The van der Waals surface area contributed by atoms with Crippen LogP contribution in [0.15, 0.2) is 48.5 Å². The molecule has 0 amide bonds. The second kappa shape index (κ2) is 3.02. The number of hydrogen-bond acceptors (Lipinski definition) is 1. The van der Waals surface area contributed by atoms with Gasteiger partial charge in [0.15, 0.2) is 0 Å². The maximum absolute atomic E-state index is 11.3. The number of aliphatic carboxylic acids is 1. The van der Waals surface area contributed by atoms with Crippen molar-refractivity contribution in [2.45, 2.75) is 11.8 Å². The Kier molecular flexibility index (Phi) is 1.66. The highest BCUT2D eigenvalue weighted by molar-refractivity contribution is 5.89. The number of rotatable bonds is 1. The van der Waals surface area contributed by atoms with Gasteiger partial charge in [0, 0.05) is 5.41 Å². The predicted molar refractivity (Wildman–Crippen MR) is 68.4 cm³/mol. The van der Waals surface area contributed by atoms with Crippen LogP contribution in [0.2, 0.25) is 0 Å². The van der Waals surface area contributed by atoms with Crippen LogP contribution in [-0.2, 0) is 10.2 Å². The Labute approximate surface area is 105 Å². The lowest BCUT2D eigenvalue weighted by Gasteiger charge is -2.11. The molecule has 4 rings (SSSR count). The van der Waals surface area contributed by atoms with Gasteiger partial charge >= 0.3 is 5.97 Å². The quantitative estimate of drug-likeness (QED) is 0.826. The summed E-state index contributed by atoms with van der Waals surface area (Å²) in [5.41, 5.74) is 4.55. The first kappa shape index (κ1) is 9.89. The third-order valence-electron chi connectivity index (χ3n) is 4.36. The van der Waals surface area contributed by atoms with Crippen LogP contribution in [0.1, 0.15) is 17.5 Å². The molecule has 2 aromatic carbocycles. The molecule has 0 heterocycles. The van der Waals surface area contributed by atoms with Crippen molar-refractivity contribution in [1.29, 1.82) is 0 Å². The predicted octanol–water partition coefficient (Wildman–Crippen LogP) is 3.06. The molecule has 0 aliphatic heterocycles. The van der Waals surface area contributed by atoms with Crippen LogP contribution in [0.4, 0.5) is 0 Å². The molecule has 18 heavy (non-hydrogen) atoms. The molecule has 0 aromatic heterocycles. The molecule has 2 aliphatic rings. The van der Waals surface area contributed by atoms with E-state index >= 15 is 0 Å². The third-order valence-corrected chi connectivity index (χ3v) is 4.36. The van der Waals surface area contributed by atoms with Crippen molar-refractivity contribution in [2.75, 3.05) is 0 Å². The summed E-state index contributed by atoms with van der Waals surface area (Å²) in [7, 11) is 0. The summed E-state index contributed by atoms with van der Waals surface area (Å²) in [6.45, 7) is 0. The Morgan fingerprint density at radius 2 is 1.50 bits per heavy atom. The Morgan fingerprint density at radius 3 is 1.94 bits per heavy atom. The average Bonchev–Trinajstić information content (AvgIpc) is 3.09. The number of benzene rings is 2. The molecule has 88 valence electrons. The molecule has 0 radical (unpaired) electrons. The smallest absolute Gasteiger partial charge is 0.307 e. The Bertz CT molecular complexity index is 627. The van der Waals surface area contributed by atoms with E-state index in [0.29, 0.717) is 0 Å². The monoisotopic (exact) mass is 236 g/mol. The molecule has 1 spiro atoms. The molecule has 2 aliphatic carbocycles. The van der Waals surface area contributed by atoms with E-state index < -0.39 is 5.97 Å². The van der Waals surface area contributed by atoms with E-state index in [1.165, 1.54) is 22.3 Å². The van der Waals surface area contributed by atoms with Gasteiger partial charge in [-0.25, -0.2) is 0 Å². The second-order valence-electron chi connectivity index (χ2n) is 5.16. The van der Waals surface area contributed by atoms with Crippen molar-refractivity contribution < 1.29 is 9.90 Å². The van der Waals surface area contributed by atoms with Gasteiger partial charge in [-0.1, -0.05) is 48.5 Å². The zero-order valence-corrected chi connectivity index (χ0v) is 9.76. The molecular formula is C16H12O2. The van der Waals surface area contributed by atoms with Crippen molar-refractivity contribution in [3.05, 3.63) is 59.7 Å². The van der Waals surface area contributed by atoms with Gasteiger partial charge in [-0.2, -0.15) is 0 Å². The summed E-state index contributed by atoms with van der Waals surface area (Å²) in [5, 5.41) is 9.33. The molecule has 1 fully saturated rings. The summed E-state index contributed by atoms with van der Waals surface area (Å²) in [6.07, 6.45) is 0.733. The SMILES string of the molecule is O=C(O)[C@@H]1CC12c1ccccc1-c1ccccc12. The van der Waals surface area contributed by atoms with Crippen molar-refractivity contribution >= 4 is 5.97 Å². The molecule has 0 bridgehead atoms. The van der Waals surface area contributed by atoms with Crippen molar-refractivity contribution in [3.8, 4) is 11.1 Å². The summed E-state index contributed by atoms with van der Waals surface area (Å²) < 4.78 is 0. The highest BCUT2D eigenvalue weighted by Gasteiger charge is 2.64. The first-order valence-electron chi connectivity index (χ1n) is 6.17. The Balaban J connectivity index is 2.03. The molecule has 0 unspecified atom stereocenters. The fraction of sp³-hybridized carbons (Fsp3) is 0.188. The van der Waals surface area contributed by atoms with E-state index in [1.54, 1.807) is 0 Å². The van der Waals surface area contributed by atoms with E-state index in [2.05, 4.69) is 24.3 Å². The van der Waals surface area contributed by atoms with Gasteiger partial charge in [-0.15, -0.1) is 0 Å². The minimum absolute atomic E-state index is 0.251. The van der Waals surface area contributed by atoms with Crippen LogP contribution in [0.25, 0.3) is 11.1 Å². The van der Waals surface area contributed by atoms with Gasteiger partial charge in [0.25, 0.3) is 0 Å². The molecule has 1 saturated carbocycles. The Hall–Kier alpha value is -2.09. The molecule has 2 aromatic rings. The van der Waals surface area contributed by atoms with Gasteiger partial charge in [-0.3, -0.25) is 4.79 Å². The highest BCUT2D eigenvalue weighted by atomic mass is 16.4. The van der Waals surface area contributed by atoms with E-state index in [1.807, 2.05) is 24.3 Å². The molecule has 1 atom stereocenters. The maximum atomic E-state index is 11.3. The van der Waals surface area contributed by atoms with E-state index in [4.69, 9.17) is 0 Å². The normalized spacial score (nSPS) is 21.4. The molecule has 1 N–H and O–H groups in total. The van der Waals surface area contributed by atoms with Gasteiger partial charge in [-0.05, 0) is 28.7 Å². The van der Waals surface area contributed by atoms with Gasteiger partial charge in [0.05, 0.1) is 5.92 Å². The summed E-state index contributed by atoms with van der Waals surface area (Å²) in [4.78, 5) is 11.3. The number of carboxylic acids is 1. The van der Waals surface area contributed by atoms with Crippen LogP contribution >= 0.6 is 0 Å². The number of hydrogen-bond donors (Lipinski definition) is 1. The third kappa shape index (κ3) is 0.969. The second-order valence-corrected chi connectivity index (χ2v) is 5.16. The Morgan fingerprint density at radius 1 is 1.00 bits per heavy atom. The standard InChI is InChI=1S/C16H12O2/c17-15(18)14-9-16(14)12-7-3-1-5-10(12)11-6-2-4-8-13(11)16/h1-8,14H,9H2,(H,17,18)/t14-/m0/s1. The van der Waals surface area contributed by atoms with Gasteiger partial charge in [0.1, 0.15) is 0 Å². The van der Waals surface area contributed by atoms with Crippen molar-refractivity contribution in [3.63, 3.8) is 0 Å². The van der Waals surface area contributed by atoms with Crippen LogP contribution < -0.4 is 0 Å². The largest absolute Gasteiger partial charge is 0.481 e. The maximum Gasteiger partial charge on any atom is 0.307 e. The lowest BCUT2D eigenvalue weighted by Crippen LogP contribution is -2.13. The molecule has 0 saturated heterocycles. The molecule has 2 heteroatoms. The summed E-state index contributed by atoms with van der Waals surface area (Å²) in [5.74, 6) is -0.941. The lowest BCUT2D eigenvalue weighted by atomic mass is 9.91. The van der Waals surface area contributed by atoms with Crippen LogP contribution in [0.3, 0.4) is 0 Å². The molecule has 2 nitrogen and oxygen atoms in total. The first-order chi connectivity index (χ1) is 8.75. The van der Waals surface area contributed by atoms with Gasteiger partial charge in [0.2, 0.25) is 0 Å². The lowest BCUT2D eigenvalue weighted by molar-refractivity contribution is -0.138.